The third kappa shape index (κ3) is 2.42. The molecule has 21 heavy (non-hydrogen) atoms. The number of para-hydroxylation sites is 1. The maximum Gasteiger partial charge on any atom is 0.416 e. The molecule has 1 N–H and O–H groups in total. The van der Waals surface area contributed by atoms with E-state index in [1.54, 1.807) is 18.3 Å². The van der Waals surface area contributed by atoms with Gasteiger partial charge in [-0.25, -0.2) is 9.67 Å². The van der Waals surface area contributed by atoms with Crippen molar-refractivity contribution in [3.63, 3.8) is 0 Å². The number of halogens is 3. The number of fused-ring (bicyclic) bond motifs is 1. The van der Waals surface area contributed by atoms with E-state index in [4.69, 9.17) is 0 Å². The number of rotatable bonds is 2. The zero-order valence-corrected chi connectivity index (χ0v) is 11.0. The van der Waals surface area contributed by atoms with Gasteiger partial charge in [-0.2, -0.15) is 18.3 Å². The van der Waals surface area contributed by atoms with Gasteiger partial charge in [0.15, 0.2) is 5.82 Å². The van der Waals surface area contributed by atoms with Gasteiger partial charge in [0.25, 0.3) is 0 Å². The number of aromatic nitrogens is 3. The van der Waals surface area contributed by atoms with E-state index < -0.39 is 11.7 Å². The second-order valence-corrected chi connectivity index (χ2v) is 4.46. The van der Waals surface area contributed by atoms with Crippen LogP contribution < -0.4 is 5.32 Å². The quantitative estimate of drug-likeness (QED) is 0.786. The van der Waals surface area contributed by atoms with Gasteiger partial charge in [-0.3, -0.25) is 0 Å². The first kappa shape index (κ1) is 13.4. The van der Waals surface area contributed by atoms with Crippen LogP contribution in [0.2, 0.25) is 0 Å². The van der Waals surface area contributed by atoms with Gasteiger partial charge in [0.1, 0.15) is 5.82 Å². The van der Waals surface area contributed by atoms with Crippen molar-refractivity contribution >= 4 is 16.7 Å². The van der Waals surface area contributed by atoms with Crippen LogP contribution in [0.15, 0.2) is 42.6 Å². The molecule has 0 spiro atoms. The highest BCUT2D eigenvalue weighted by Crippen LogP contribution is 2.32. The molecule has 0 bridgehead atoms. The Balaban J connectivity index is 2.22. The molecule has 0 saturated heterocycles. The largest absolute Gasteiger partial charge is 0.416 e. The number of pyridine rings is 1. The minimum Gasteiger partial charge on any atom is -0.373 e. The maximum atomic E-state index is 13.0. The normalized spacial score (nSPS) is 11.8. The van der Waals surface area contributed by atoms with Gasteiger partial charge >= 0.3 is 6.18 Å². The zero-order chi connectivity index (χ0) is 15.0. The number of anilines is 1. The van der Waals surface area contributed by atoms with E-state index in [1.807, 2.05) is 12.1 Å². The fourth-order valence-electron chi connectivity index (χ4n) is 2.07. The molecule has 2 heterocycles. The summed E-state index contributed by atoms with van der Waals surface area (Å²) in [4.78, 5) is 4.15. The zero-order valence-electron chi connectivity index (χ0n) is 11.0. The van der Waals surface area contributed by atoms with Crippen LogP contribution in [-0.4, -0.2) is 21.8 Å². The minimum atomic E-state index is -4.44. The SMILES string of the molecule is CNc1cc(C(F)(F)F)cc(-n2ncc3ccccc32)n1. The van der Waals surface area contributed by atoms with Crippen molar-refractivity contribution < 1.29 is 13.2 Å². The lowest BCUT2D eigenvalue weighted by Crippen LogP contribution is -2.10. The van der Waals surface area contributed by atoms with Crippen molar-refractivity contribution in [3.05, 3.63) is 48.2 Å². The summed E-state index contributed by atoms with van der Waals surface area (Å²) in [5.41, 5.74) is -0.0668. The number of benzene rings is 1. The lowest BCUT2D eigenvalue weighted by atomic mass is 10.2. The predicted molar refractivity (Wildman–Crippen MR) is 73.4 cm³/mol. The van der Waals surface area contributed by atoms with E-state index in [2.05, 4.69) is 15.4 Å². The van der Waals surface area contributed by atoms with E-state index in [1.165, 1.54) is 11.7 Å². The number of nitrogens with one attached hydrogen (secondary N) is 1. The molecule has 0 aliphatic heterocycles. The molecule has 0 atom stereocenters. The van der Waals surface area contributed by atoms with Crippen LogP contribution in [0.25, 0.3) is 16.7 Å². The summed E-state index contributed by atoms with van der Waals surface area (Å²) in [7, 11) is 1.52. The third-order valence-electron chi connectivity index (χ3n) is 3.09. The summed E-state index contributed by atoms with van der Waals surface area (Å²) in [6, 6.07) is 9.21. The Hall–Kier alpha value is -2.57. The van der Waals surface area contributed by atoms with Crippen molar-refractivity contribution in [2.45, 2.75) is 6.18 Å². The van der Waals surface area contributed by atoms with Crippen LogP contribution in [-0.2, 0) is 6.18 Å². The molecule has 1 aromatic carbocycles. The van der Waals surface area contributed by atoms with Crippen molar-refractivity contribution in [3.8, 4) is 5.82 Å². The highest BCUT2D eigenvalue weighted by molar-refractivity contribution is 5.79. The van der Waals surface area contributed by atoms with Crippen molar-refractivity contribution in [1.82, 2.24) is 14.8 Å². The molecule has 0 amide bonds. The van der Waals surface area contributed by atoms with Gasteiger partial charge in [0.2, 0.25) is 0 Å². The van der Waals surface area contributed by atoms with Gasteiger partial charge in [0.05, 0.1) is 17.3 Å². The van der Waals surface area contributed by atoms with Crippen LogP contribution in [0.1, 0.15) is 5.56 Å². The Morgan fingerprint density at radius 2 is 1.90 bits per heavy atom. The van der Waals surface area contributed by atoms with Crippen LogP contribution in [0.4, 0.5) is 19.0 Å². The Morgan fingerprint density at radius 1 is 1.14 bits per heavy atom. The molecular formula is C14H11F3N4. The average molecular weight is 292 g/mol. The highest BCUT2D eigenvalue weighted by atomic mass is 19.4. The predicted octanol–water partition coefficient (Wildman–Crippen LogP) is 3.48. The van der Waals surface area contributed by atoms with Gasteiger partial charge in [-0.05, 0) is 18.2 Å². The Kier molecular flexibility index (Phi) is 3.04. The summed E-state index contributed by atoms with van der Waals surface area (Å²) >= 11 is 0. The van der Waals surface area contributed by atoms with E-state index in [-0.39, 0.29) is 11.6 Å². The molecule has 7 heteroatoms. The van der Waals surface area contributed by atoms with E-state index >= 15 is 0 Å². The molecule has 108 valence electrons. The first-order chi connectivity index (χ1) is 9.99. The molecule has 0 aliphatic carbocycles. The summed E-state index contributed by atoms with van der Waals surface area (Å²) in [6.07, 6.45) is -2.84. The number of hydrogen-bond acceptors (Lipinski definition) is 3. The molecule has 0 unspecified atom stereocenters. The molecular weight excluding hydrogens is 281 g/mol. The third-order valence-corrected chi connectivity index (χ3v) is 3.09. The van der Waals surface area contributed by atoms with Gasteiger partial charge < -0.3 is 5.32 Å². The van der Waals surface area contributed by atoms with E-state index in [0.29, 0.717) is 5.52 Å². The van der Waals surface area contributed by atoms with E-state index in [9.17, 15) is 13.2 Å². The number of hydrogen-bond donors (Lipinski definition) is 1. The van der Waals surface area contributed by atoms with Crippen molar-refractivity contribution in [2.24, 2.45) is 0 Å². The van der Waals surface area contributed by atoms with Gasteiger partial charge in [-0.1, -0.05) is 18.2 Å². The number of nitrogens with zero attached hydrogens (tertiary/aromatic N) is 3. The molecule has 4 nitrogen and oxygen atoms in total. The lowest BCUT2D eigenvalue weighted by molar-refractivity contribution is -0.137. The smallest absolute Gasteiger partial charge is 0.373 e. The Bertz CT molecular complexity index is 792. The monoisotopic (exact) mass is 292 g/mol. The topological polar surface area (TPSA) is 42.7 Å². The molecule has 0 fully saturated rings. The van der Waals surface area contributed by atoms with E-state index in [0.717, 1.165) is 17.5 Å². The molecule has 2 aromatic heterocycles. The summed E-state index contributed by atoms with van der Waals surface area (Å²) in [5.74, 6) is 0.259. The van der Waals surface area contributed by atoms with Gasteiger partial charge in [0, 0.05) is 12.4 Å². The highest BCUT2D eigenvalue weighted by Gasteiger charge is 2.32. The molecule has 0 saturated carbocycles. The molecule has 3 aromatic rings. The molecule has 0 radical (unpaired) electrons. The second-order valence-electron chi connectivity index (χ2n) is 4.46. The summed E-state index contributed by atoms with van der Waals surface area (Å²) in [6.45, 7) is 0. The number of alkyl halides is 3. The first-order valence-electron chi connectivity index (χ1n) is 6.19. The fourth-order valence-corrected chi connectivity index (χ4v) is 2.07. The summed E-state index contributed by atoms with van der Waals surface area (Å²) < 4.78 is 40.3. The van der Waals surface area contributed by atoms with Crippen molar-refractivity contribution in [2.75, 3.05) is 12.4 Å². The first-order valence-corrected chi connectivity index (χ1v) is 6.19. The second kappa shape index (κ2) is 4.76. The minimum absolute atomic E-state index is 0.121. The van der Waals surface area contributed by atoms with Crippen molar-refractivity contribution in [1.29, 1.82) is 0 Å². The molecule has 0 aliphatic rings. The fraction of sp³-hybridized carbons (Fsp3) is 0.143. The summed E-state index contributed by atoms with van der Waals surface area (Å²) in [5, 5.41) is 7.60. The average Bonchev–Trinajstić information content (AvgIpc) is 2.89. The van der Waals surface area contributed by atoms with Crippen LogP contribution in [0, 0.1) is 0 Å². The maximum absolute atomic E-state index is 13.0. The Labute approximate surface area is 118 Å². The standard InChI is InChI=1S/C14H11F3N4/c1-18-12-6-10(14(15,16)17)7-13(20-12)21-11-5-3-2-4-9(11)8-19-21/h2-8H,1H3,(H,18,20). The van der Waals surface area contributed by atoms with Crippen LogP contribution >= 0.6 is 0 Å². The molecule has 3 rings (SSSR count). The Morgan fingerprint density at radius 3 is 2.62 bits per heavy atom. The van der Waals surface area contributed by atoms with Crippen LogP contribution in [0.5, 0.6) is 0 Å². The lowest BCUT2D eigenvalue weighted by Gasteiger charge is -2.11. The van der Waals surface area contributed by atoms with Crippen LogP contribution in [0.3, 0.4) is 0 Å². The van der Waals surface area contributed by atoms with Gasteiger partial charge in [-0.15, -0.1) is 0 Å².